The molecule has 0 aromatic heterocycles. The quantitative estimate of drug-likeness (QED) is 0.851. The molecule has 1 aromatic rings. The van der Waals surface area contributed by atoms with Gasteiger partial charge >= 0.3 is 0 Å². The average Bonchev–Trinajstić information content (AvgIpc) is 2.54. The zero-order valence-corrected chi connectivity index (χ0v) is 16.1. The molecule has 5 rings (SSSR count). The van der Waals surface area contributed by atoms with Crippen molar-refractivity contribution in [3.05, 3.63) is 34.9 Å². The molecule has 3 nitrogen and oxygen atoms in total. The van der Waals surface area contributed by atoms with Crippen LogP contribution in [0.5, 0.6) is 0 Å². The number of nitrogens with zero attached hydrogens (tertiary/aromatic N) is 1. The highest BCUT2D eigenvalue weighted by atomic mass is 35.5. The molecule has 0 aliphatic heterocycles. The lowest BCUT2D eigenvalue weighted by Gasteiger charge is -2.57. The molecule has 4 heteroatoms. The van der Waals surface area contributed by atoms with Gasteiger partial charge in [0, 0.05) is 17.1 Å². The minimum absolute atomic E-state index is 0.0984. The lowest BCUT2D eigenvalue weighted by atomic mass is 9.53. The van der Waals surface area contributed by atoms with Crippen molar-refractivity contribution in [2.24, 2.45) is 17.8 Å². The van der Waals surface area contributed by atoms with Crippen molar-refractivity contribution in [1.82, 2.24) is 10.2 Å². The van der Waals surface area contributed by atoms with Gasteiger partial charge in [0.05, 0.1) is 6.04 Å². The van der Waals surface area contributed by atoms with Crippen LogP contribution in [-0.4, -0.2) is 29.4 Å². The highest BCUT2D eigenvalue weighted by Crippen LogP contribution is 2.55. The standard InChI is InChI=1S/C21H29ClN2O/c1-14(24(2)13-15-3-5-19(22)6-4-15)20(25)23-21-10-16-7-17(11-21)9-18(8-16)12-21/h3-6,14,16-18H,7-13H2,1-2H3,(H,23,25). The molecule has 1 aromatic carbocycles. The van der Waals surface area contributed by atoms with Crippen LogP contribution in [0.2, 0.25) is 5.02 Å². The maximum atomic E-state index is 12.9. The van der Waals surface area contributed by atoms with Crippen molar-refractivity contribution in [3.8, 4) is 0 Å². The molecule has 25 heavy (non-hydrogen) atoms. The fourth-order valence-corrected chi connectivity index (χ4v) is 5.97. The van der Waals surface area contributed by atoms with E-state index in [-0.39, 0.29) is 17.5 Å². The number of benzene rings is 1. The van der Waals surface area contributed by atoms with E-state index in [2.05, 4.69) is 10.2 Å². The van der Waals surface area contributed by atoms with Crippen LogP contribution in [0.1, 0.15) is 51.0 Å². The van der Waals surface area contributed by atoms with E-state index in [1.807, 2.05) is 38.2 Å². The number of hydrogen-bond acceptors (Lipinski definition) is 2. The van der Waals surface area contributed by atoms with E-state index >= 15 is 0 Å². The second-order valence-corrected chi connectivity index (χ2v) is 9.34. The summed E-state index contributed by atoms with van der Waals surface area (Å²) in [6.45, 7) is 2.78. The molecule has 4 aliphatic carbocycles. The van der Waals surface area contributed by atoms with Gasteiger partial charge in [0.2, 0.25) is 5.91 Å². The first kappa shape index (κ1) is 17.4. The van der Waals surface area contributed by atoms with Gasteiger partial charge in [0.15, 0.2) is 0 Å². The van der Waals surface area contributed by atoms with Gasteiger partial charge in [0.1, 0.15) is 0 Å². The Labute approximate surface area is 156 Å². The van der Waals surface area contributed by atoms with Gasteiger partial charge < -0.3 is 5.32 Å². The van der Waals surface area contributed by atoms with E-state index < -0.39 is 0 Å². The Morgan fingerprint density at radius 3 is 2.20 bits per heavy atom. The topological polar surface area (TPSA) is 32.3 Å². The predicted octanol–water partition coefficient (Wildman–Crippen LogP) is 4.25. The van der Waals surface area contributed by atoms with Gasteiger partial charge in [-0.2, -0.15) is 0 Å². The SMILES string of the molecule is CC(C(=O)NC12CC3CC(CC(C3)C1)C2)N(C)Cc1ccc(Cl)cc1. The first-order chi connectivity index (χ1) is 11.9. The van der Waals surface area contributed by atoms with Crippen molar-refractivity contribution < 1.29 is 4.79 Å². The van der Waals surface area contributed by atoms with Gasteiger partial charge in [0.25, 0.3) is 0 Å². The molecule has 1 unspecified atom stereocenters. The van der Waals surface area contributed by atoms with Crippen molar-refractivity contribution in [1.29, 1.82) is 0 Å². The minimum atomic E-state index is -0.122. The normalized spacial score (nSPS) is 34.3. The number of carbonyl (C=O) groups is 1. The number of halogens is 1. The average molecular weight is 361 g/mol. The second kappa shape index (κ2) is 6.59. The lowest BCUT2D eigenvalue weighted by molar-refractivity contribution is -0.131. The molecule has 0 saturated heterocycles. The van der Waals surface area contributed by atoms with Crippen LogP contribution < -0.4 is 5.32 Å². The maximum Gasteiger partial charge on any atom is 0.237 e. The van der Waals surface area contributed by atoms with Crippen LogP contribution in [0.15, 0.2) is 24.3 Å². The first-order valence-corrected chi connectivity index (χ1v) is 10.1. The van der Waals surface area contributed by atoms with Gasteiger partial charge in [-0.1, -0.05) is 23.7 Å². The first-order valence-electron chi connectivity index (χ1n) is 9.69. The van der Waals surface area contributed by atoms with Crippen molar-refractivity contribution in [2.45, 2.75) is 63.6 Å². The van der Waals surface area contributed by atoms with E-state index in [1.54, 1.807) is 0 Å². The molecule has 1 N–H and O–H groups in total. The van der Waals surface area contributed by atoms with Gasteiger partial charge in [-0.05, 0) is 87.9 Å². The number of likely N-dealkylation sites (N-methyl/N-ethyl adjacent to an activating group) is 1. The van der Waals surface area contributed by atoms with E-state index in [0.717, 1.165) is 29.3 Å². The maximum absolute atomic E-state index is 12.9. The number of carbonyl (C=O) groups excluding carboxylic acids is 1. The summed E-state index contributed by atoms with van der Waals surface area (Å²) in [7, 11) is 2.03. The van der Waals surface area contributed by atoms with E-state index in [9.17, 15) is 4.79 Å². The molecule has 1 atom stereocenters. The number of nitrogens with one attached hydrogen (secondary N) is 1. The summed E-state index contributed by atoms with van der Waals surface area (Å²) in [5.74, 6) is 2.76. The second-order valence-electron chi connectivity index (χ2n) is 8.90. The van der Waals surface area contributed by atoms with Crippen LogP contribution in [-0.2, 0) is 11.3 Å². The number of hydrogen-bond donors (Lipinski definition) is 1. The summed E-state index contributed by atoms with van der Waals surface area (Å²) in [5.41, 5.74) is 1.28. The lowest BCUT2D eigenvalue weighted by Crippen LogP contribution is -2.62. The Hall–Kier alpha value is -1.06. The third-order valence-electron chi connectivity index (χ3n) is 6.81. The molecule has 0 radical (unpaired) electrons. The van der Waals surface area contributed by atoms with Crippen LogP contribution in [0.4, 0.5) is 0 Å². The molecular weight excluding hydrogens is 332 g/mol. The molecule has 4 saturated carbocycles. The fraction of sp³-hybridized carbons (Fsp3) is 0.667. The number of amides is 1. The fourth-order valence-electron chi connectivity index (χ4n) is 5.84. The molecule has 1 amide bonds. The Morgan fingerprint density at radius 2 is 1.68 bits per heavy atom. The summed E-state index contributed by atoms with van der Waals surface area (Å²) in [6, 6.07) is 7.75. The van der Waals surface area contributed by atoms with E-state index in [1.165, 1.54) is 44.1 Å². The third kappa shape index (κ3) is 3.59. The minimum Gasteiger partial charge on any atom is -0.349 e. The Balaban J connectivity index is 1.38. The van der Waals surface area contributed by atoms with Crippen molar-refractivity contribution >= 4 is 17.5 Å². The summed E-state index contributed by atoms with van der Waals surface area (Å²) >= 11 is 5.96. The molecule has 4 fully saturated rings. The third-order valence-corrected chi connectivity index (χ3v) is 7.06. The van der Waals surface area contributed by atoms with Crippen LogP contribution in [0.25, 0.3) is 0 Å². The van der Waals surface area contributed by atoms with Gasteiger partial charge in [-0.25, -0.2) is 0 Å². The highest BCUT2D eigenvalue weighted by Gasteiger charge is 2.51. The van der Waals surface area contributed by atoms with E-state index in [0.29, 0.717) is 0 Å². The van der Waals surface area contributed by atoms with E-state index in [4.69, 9.17) is 11.6 Å². The number of rotatable bonds is 5. The molecule has 4 aliphatic rings. The monoisotopic (exact) mass is 360 g/mol. The molecular formula is C21H29ClN2O. The Morgan fingerprint density at radius 1 is 1.16 bits per heavy atom. The summed E-state index contributed by atoms with van der Waals surface area (Å²) in [6.07, 6.45) is 7.83. The molecule has 4 bridgehead atoms. The summed E-state index contributed by atoms with van der Waals surface area (Å²) in [5, 5.41) is 4.25. The van der Waals surface area contributed by atoms with Crippen molar-refractivity contribution in [3.63, 3.8) is 0 Å². The van der Waals surface area contributed by atoms with Crippen molar-refractivity contribution in [2.75, 3.05) is 7.05 Å². The van der Waals surface area contributed by atoms with Crippen LogP contribution in [0.3, 0.4) is 0 Å². The Kier molecular flexibility index (Phi) is 4.57. The smallest absolute Gasteiger partial charge is 0.237 e. The van der Waals surface area contributed by atoms with Crippen LogP contribution in [0, 0.1) is 17.8 Å². The predicted molar refractivity (Wildman–Crippen MR) is 101 cm³/mol. The summed E-state index contributed by atoms with van der Waals surface area (Å²) in [4.78, 5) is 15.1. The van der Waals surface area contributed by atoms with Gasteiger partial charge in [-0.3, -0.25) is 9.69 Å². The molecule has 0 spiro atoms. The highest BCUT2D eigenvalue weighted by molar-refractivity contribution is 6.30. The molecule has 136 valence electrons. The van der Waals surface area contributed by atoms with Crippen LogP contribution >= 0.6 is 11.6 Å². The Bertz CT molecular complexity index is 607. The zero-order valence-electron chi connectivity index (χ0n) is 15.3. The largest absolute Gasteiger partial charge is 0.349 e. The zero-order chi connectivity index (χ0) is 17.6. The van der Waals surface area contributed by atoms with Gasteiger partial charge in [-0.15, -0.1) is 0 Å². The summed E-state index contributed by atoms with van der Waals surface area (Å²) < 4.78 is 0. The molecule has 0 heterocycles.